The van der Waals surface area contributed by atoms with Crippen LogP contribution in [0.2, 0.25) is 10.0 Å². The maximum atomic E-state index is 6.07. The summed E-state index contributed by atoms with van der Waals surface area (Å²) >= 11 is 12.0. The number of hydrogen-bond acceptors (Lipinski definition) is 1. The van der Waals surface area contributed by atoms with Crippen molar-refractivity contribution in [1.82, 2.24) is 5.32 Å². The van der Waals surface area contributed by atoms with Gasteiger partial charge in [-0.15, -0.1) is 6.58 Å². The molecule has 0 spiro atoms. The topological polar surface area (TPSA) is 12.0 Å². The molecular weight excluding hydrogens is 289 g/mol. The van der Waals surface area contributed by atoms with Gasteiger partial charge in [0.2, 0.25) is 0 Å². The zero-order valence-corrected chi connectivity index (χ0v) is 13.8. The van der Waals surface area contributed by atoms with Crippen LogP contribution in [0.15, 0.2) is 30.9 Å². The average molecular weight is 314 g/mol. The van der Waals surface area contributed by atoms with Crippen molar-refractivity contribution in [2.24, 2.45) is 0 Å². The third-order valence-corrected chi connectivity index (χ3v) is 4.16. The molecule has 0 fully saturated rings. The van der Waals surface area contributed by atoms with Crippen molar-refractivity contribution >= 4 is 23.2 Å². The minimum atomic E-state index is 0.515. The van der Waals surface area contributed by atoms with E-state index in [1.54, 1.807) is 0 Å². The van der Waals surface area contributed by atoms with E-state index in [0.29, 0.717) is 16.1 Å². The molecule has 1 nitrogen and oxygen atoms in total. The number of halogens is 2. The van der Waals surface area contributed by atoms with E-state index in [4.69, 9.17) is 23.2 Å². The van der Waals surface area contributed by atoms with Crippen LogP contribution in [0, 0.1) is 0 Å². The van der Waals surface area contributed by atoms with Crippen molar-refractivity contribution < 1.29 is 0 Å². The normalized spacial score (nSPS) is 12.3. The second kappa shape index (κ2) is 10.3. The Labute approximate surface area is 133 Å². The minimum absolute atomic E-state index is 0.515. The monoisotopic (exact) mass is 313 g/mol. The van der Waals surface area contributed by atoms with E-state index in [0.717, 1.165) is 19.4 Å². The maximum absolute atomic E-state index is 6.07. The van der Waals surface area contributed by atoms with Crippen molar-refractivity contribution in [3.8, 4) is 0 Å². The highest BCUT2D eigenvalue weighted by atomic mass is 35.5. The van der Waals surface area contributed by atoms with E-state index in [-0.39, 0.29) is 0 Å². The summed E-state index contributed by atoms with van der Waals surface area (Å²) in [4.78, 5) is 0. The highest BCUT2D eigenvalue weighted by Crippen LogP contribution is 2.23. The zero-order chi connectivity index (χ0) is 14.8. The van der Waals surface area contributed by atoms with Gasteiger partial charge in [0.25, 0.3) is 0 Å². The Kier molecular flexibility index (Phi) is 9.00. The van der Waals surface area contributed by atoms with Gasteiger partial charge in [0.05, 0.1) is 10.0 Å². The lowest BCUT2D eigenvalue weighted by Gasteiger charge is -2.18. The Bertz CT molecular complexity index is 404. The third kappa shape index (κ3) is 6.78. The van der Waals surface area contributed by atoms with Crippen molar-refractivity contribution in [2.45, 2.75) is 51.5 Å². The second-order valence-electron chi connectivity index (χ2n) is 5.13. The molecule has 0 aliphatic heterocycles. The average Bonchev–Trinajstić information content (AvgIpc) is 2.43. The summed E-state index contributed by atoms with van der Waals surface area (Å²) in [6.45, 7) is 6.91. The molecule has 20 heavy (non-hydrogen) atoms. The van der Waals surface area contributed by atoms with E-state index < -0.39 is 0 Å². The van der Waals surface area contributed by atoms with Gasteiger partial charge in [-0.2, -0.15) is 0 Å². The van der Waals surface area contributed by atoms with Gasteiger partial charge in [-0.3, -0.25) is 0 Å². The molecule has 0 heterocycles. The van der Waals surface area contributed by atoms with Crippen LogP contribution in [0.1, 0.15) is 44.6 Å². The molecule has 1 unspecified atom stereocenters. The van der Waals surface area contributed by atoms with Gasteiger partial charge in [-0.05, 0) is 49.9 Å². The lowest BCUT2D eigenvalue weighted by molar-refractivity contribution is 0.465. The molecule has 1 aromatic rings. The summed E-state index contributed by atoms with van der Waals surface area (Å²) in [5.74, 6) is 0. The highest BCUT2D eigenvalue weighted by molar-refractivity contribution is 6.42. The standard InChI is InChI=1S/C17H25Cl2N/c1-3-5-6-7-8-9-15(20-4-2)12-14-10-11-16(18)17(19)13-14/h3,10-11,13,15,20H,1,4-9,12H2,2H3. The summed E-state index contributed by atoms with van der Waals surface area (Å²) in [7, 11) is 0. The number of hydrogen-bond donors (Lipinski definition) is 1. The predicted octanol–water partition coefficient (Wildman–Crippen LogP) is 5.65. The van der Waals surface area contributed by atoms with Crippen LogP contribution in [-0.4, -0.2) is 12.6 Å². The number of nitrogens with one attached hydrogen (secondary N) is 1. The van der Waals surface area contributed by atoms with E-state index in [9.17, 15) is 0 Å². The van der Waals surface area contributed by atoms with Crippen molar-refractivity contribution in [1.29, 1.82) is 0 Å². The molecule has 1 atom stereocenters. The largest absolute Gasteiger partial charge is 0.314 e. The summed E-state index contributed by atoms with van der Waals surface area (Å²) in [6.07, 6.45) is 9.10. The van der Waals surface area contributed by atoms with E-state index >= 15 is 0 Å². The first-order valence-corrected chi connectivity index (χ1v) is 8.21. The summed E-state index contributed by atoms with van der Waals surface area (Å²) in [6, 6.07) is 6.44. The molecular formula is C17H25Cl2N. The molecule has 1 aromatic carbocycles. The summed E-state index contributed by atoms with van der Waals surface area (Å²) < 4.78 is 0. The molecule has 3 heteroatoms. The smallest absolute Gasteiger partial charge is 0.0595 e. The van der Waals surface area contributed by atoms with Gasteiger partial charge in [-0.1, -0.05) is 55.1 Å². The molecule has 0 aromatic heterocycles. The van der Waals surface area contributed by atoms with Crippen LogP contribution in [0.4, 0.5) is 0 Å². The maximum Gasteiger partial charge on any atom is 0.0595 e. The number of benzene rings is 1. The predicted molar refractivity (Wildman–Crippen MR) is 90.9 cm³/mol. The molecule has 0 aliphatic carbocycles. The number of rotatable bonds is 10. The number of unbranched alkanes of at least 4 members (excludes halogenated alkanes) is 3. The first-order valence-electron chi connectivity index (χ1n) is 7.45. The third-order valence-electron chi connectivity index (χ3n) is 3.42. The summed E-state index contributed by atoms with van der Waals surface area (Å²) in [5, 5.41) is 4.83. The number of allylic oxidation sites excluding steroid dienone is 1. The molecule has 1 N–H and O–H groups in total. The van der Waals surface area contributed by atoms with Crippen molar-refractivity contribution in [3.05, 3.63) is 46.5 Å². The van der Waals surface area contributed by atoms with E-state index in [2.05, 4.69) is 24.9 Å². The second-order valence-corrected chi connectivity index (χ2v) is 5.95. The molecule has 0 bridgehead atoms. The van der Waals surface area contributed by atoms with Crippen LogP contribution in [-0.2, 0) is 6.42 Å². The van der Waals surface area contributed by atoms with Crippen molar-refractivity contribution in [2.75, 3.05) is 6.54 Å². The molecule has 0 amide bonds. The lowest BCUT2D eigenvalue weighted by Crippen LogP contribution is -2.30. The molecule has 0 radical (unpaired) electrons. The quantitative estimate of drug-likeness (QED) is 0.434. The Hall–Kier alpha value is -0.500. The lowest BCUT2D eigenvalue weighted by atomic mass is 10.00. The molecule has 112 valence electrons. The van der Waals surface area contributed by atoms with Crippen LogP contribution in [0.5, 0.6) is 0 Å². The molecule has 0 saturated heterocycles. The van der Waals surface area contributed by atoms with Gasteiger partial charge in [0.15, 0.2) is 0 Å². The van der Waals surface area contributed by atoms with E-state index in [1.807, 2.05) is 18.2 Å². The van der Waals surface area contributed by atoms with E-state index in [1.165, 1.54) is 31.2 Å². The van der Waals surface area contributed by atoms with Crippen LogP contribution in [0.25, 0.3) is 0 Å². The SMILES string of the molecule is C=CCCCCCC(Cc1ccc(Cl)c(Cl)c1)NCC. The van der Waals surface area contributed by atoms with Gasteiger partial charge in [0, 0.05) is 6.04 Å². The Morgan fingerprint density at radius 3 is 2.65 bits per heavy atom. The van der Waals surface area contributed by atoms with Gasteiger partial charge in [0.1, 0.15) is 0 Å². The van der Waals surface area contributed by atoms with Gasteiger partial charge in [-0.25, -0.2) is 0 Å². The number of likely N-dealkylation sites (N-methyl/N-ethyl adjacent to an activating group) is 1. The molecule has 0 aliphatic rings. The first kappa shape index (κ1) is 17.6. The Morgan fingerprint density at radius 1 is 1.20 bits per heavy atom. The molecule has 0 saturated carbocycles. The van der Waals surface area contributed by atoms with Crippen molar-refractivity contribution in [3.63, 3.8) is 0 Å². The summed E-state index contributed by atoms with van der Waals surface area (Å²) in [5.41, 5.74) is 1.25. The Morgan fingerprint density at radius 2 is 2.00 bits per heavy atom. The minimum Gasteiger partial charge on any atom is -0.314 e. The fourth-order valence-corrected chi connectivity index (χ4v) is 2.69. The van der Waals surface area contributed by atoms with Crippen LogP contribution >= 0.6 is 23.2 Å². The fraction of sp³-hybridized carbons (Fsp3) is 0.529. The Balaban J connectivity index is 2.44. The highest BCUT2D eigenvalue weighted by Gasteiger charge is 2.09. The fourth-order valence-electron chi connectivity index (χ4n) is 2.37. The van der Waals surface area contributed by atoms with Crippen LogP contribution in [0.3, 0.4) is 0 Å². The van der Waals surface area contributed by atoms with Gasteiger partial charge < -0.3 is 5.32 Å². The molecule has 1 rings (SSSR count). The van der Waals surface area contributed by atoms with Gasteiger partial charge >= 0.3 is 0 Å². The zero-order valence-electron chi connectivity index (χ0n) is 12.3. The first-order chi connectivity index (χ1) is 9.67. The van der Waals surface area contributed by atoms with Crippen LogP contribution < -0.4 is 5.32 Å².